The number of benzene rings is 2. The van der Waals surface area contributed by atoms with Crippen LogP contribution >= 0.6 is 0 Å². The summed E-state index contributed by atoms with van der Waals surface area (Å²) in [5.74, 6) is -0.266. The van der Waals surface area contributed by atoms with Crippen molar-refractivity contribution in [1.29, 1.82) is 0 Å². The fourth-order valence-electron chi connectivity index (χ4n) is 1.86. The molecule has 0 saturated heterocycles. The molecule has 6 heteroatoms. The van der Waals surface area contributed by atoms with Gasteiger partial charge >= 0.3 is 0 Å². The summed E-state index contributed by atoms with van der Waals surface area (Å²) < 4.78 is 13.0. The van der Waals surface area contributed by atoms with Gasteiger partial charge in [-0.1, -0.05) is 12.1 Å². The number of nitro benzene ring substituents is 1. The Morgan fingerprint density at radius 3 is 2.70 bits per heavy atom. The van der Waals surface area contributed by atoms with Crippen molar-refractivity contribution in [3.8, 4) is 0 Å². The highest BCUT2D eigenvalue weighted by atomic mass is 19.1. The van der Waals surface area contributed by atoms with Gasteiger partial charge in [0.25, 0.3) is 5.69 Å². The number of nitro groups is 1. The lowest BCUT2D eigenvalue weighted by Gasteiger charge is -2.09. The molecule has 0 fully saturated rings. The van der Waals surface area contributed by atoms with E-state index in [1.54, 1.807) is 12.1 Å². The van der Waals surface area contributed by atoms with E-state index < -0.39 is 4.92 Å². The molecular weight excluding hydrogens is 261 g/mol. The van der Waals surface area contributed by atoms with Crippen LogP contribution < -0.4 is 11.1 Å². The van der Waals surface area contributed by atoms with E-state index in [-0.39, 0.29) is 11.5 Å². The summed E-state index contributed by atoms with van der Waals surface area (Å²) in [7, 11) is 0. The first-order valence-corrected chi connectivity index (χ1v) is 6.08. The van der Waals surface area contributed by atoms with Crippen molar-refractivity contribution >= 4 is 17.1 Å². The Hall–Kier alpha value is -2.63. The van der Waals surface area contributed by atoms with Crippen LogP contribution in [0.5, 0.6) is 0 Å². The van der Waals surface area contributed by atoms with Crippen molar-refractivity contribution in [2.45, 2.75) is 6.42 Å². The topological polar surface area (TPSA) is 81.2 Å². The summed E-state index contributed by atoms with van der Waals surface area (Å²) in [4.78, 5) is 10.1. The van der Waals surface area contributed by atoms with Gasteiger partial charge in [0.15, 0.2) is 0 Å². The number of non-ortho nitro benzene ring substituents is 1. The Morgan fingerprint density at radius 2 is 2.05 bits per heavy atom. The average Bonchev–Trinajstić information content (AvgIpc) is 2.40. The largest absolute Gasteiger partial charge is 0.397 e. The summed E-state index contributed by atoms with van der Waals surface area (Å²) in [6.45, 7) is 0.561. The monoisotopic (exact) mass is 275 g/mol. The number of nitrogens with zero attached hydrogens (tertiary/aromatic N) is 1. The summed E-state index contributed by atoms with van der Waals surface area (Å²) in [5.41, 5.74) is 7.52. The zero-order valence-electron chi connectivity index (χ0n) is 10.7. The number of anilines is 2. The highest BCUT2D eigenvalue weighted by Crippen LogP contribution is 2.23. The van der Waals surface area contributed by atoms with Crippen LogP contribution in [-0.2, 0) is 6.42 Å². The maximum Gasteiger partial charge on any atom is 0.271 e. The van der Waals surface area contributed by atoms with Gasteiger partial charge in [-0.25, -0.2) is 4.39 Å². The highest BCUT2D eigenvalue weighted by Gasteiger charge is 2.08. The Bertz CT molecular complexity index is 632. The predicted octanol–water partition coefficient (Wildman–Crippen LogP) is 2.97. The number of rotatable bonds is 5. The molecule has 0 spiro atoms. The van der Waals surface area contributed by atoms with Crippen LogP contribution in [0.25, 0.3) is 0 Å². The van der Waals surface area contributed by atoms with Gasteiger partial charge in [-0.3, -0.25) is 10.1 Å². The van der Waals surface area contributed by atoms with Crippen molar-refractivity contribution in [2.75, 3.05) is 17.6 Å². The van der Waals surface area contributed by atoms with Gasteiger partial charge < -0.3 is 11.1 Å². The summed E-state index contributed by atoms with van der Waals surface area (Å²) in [6, 6.07) is 10.6. The third-order valence-electron chi connectivity index (χ3n) is 2.86. The Morgan fingerprint density at radius 1 is 1.25 bits per heavy atom. The lowest BCUT2D eigenvalue weighted by Crippen LogP contribution is -2.07. The molecule has 5 nitrogen and oxygen atoms in total. The third-order valence-corrected chi connectivity index (χ3v) is 2.86. The van der Waals surface area contributed by atoms with Crippen LogP contribution in [0.1, 0.15) is 5.56 Å². The number of nitrogen functional groups attached to an aromatic ring is 1. The Kier molecular flexibility index (Phi) is 4.14. The van der Waals surface area contributed by atoms with Crippen molar-refractivity contribution in [2.24, 2.45) is 0 Å². The number of hydrogen-bond acceptors (Lipinski definition) is 4. The first-order chi connectivity index (χ1) is 9.56. The van der Waals surface area contributed by atoms with E-state index in [0.717, 1.165) is 5.56 Å². The molecule has 2 rings (SSSR count). The normalized spacial score (nSPS) is 10.2. The van der Waals surface area contributed by atoms with E-state index in [4.69, 9.17) is 5.73 Å². The number of halogens is 1. The molecular formula is C14H14FN3O2. The lowest BCUT2D eigenvalue weighted by atomic mass is 10.1. The second kappa shape index (κ2) is 6.01. The molecule has 20 heavy (non-hydrogen) atoms. The predicted molar refractivity (Wildman–Crippen MR) is 76.1 cm³/mol. The first-order valence-electron chi connectivity index (χ1n) is 6.08. The molecule has 0 aromatic heterocycles. The van der Waals surface area contributed by atoms with Crippen molar-refractivity contribution < 1.29 is 9.31 Å². The minimum absolute atomic E-state index is 0.0434. The van der Waals surface area contributed by atoms with E-state index in [1.807, 2.05) is 6.07 Å². The van der Waals surface area contributed by atoms with E-state index in [0.29, 0.717) is 24.3 Å². The lowest BCUT2D eigenvalue weighted by molar-refractivity contribution is -0.384. The molecule has 0 saturated carbocycles. The molecule has 0 heterocycles. The molecule has 104 valence electrons. The molecule has 0 bridgehead atoms. The fourth-order valence-corrected chi connectivity index (χ4v) is 1.86. The van der Waals surface area contributed by atoms with Gasteiger partial charge in [0.2, 0.25) is 0 Å². The van der Waals surface area contributed by atoms with Crippen molar-refractivity contribution in [3.63, 3.8) is 0 Å². The number of nitrogens with one attached hydrogen (secondary N) is 1. The Balaban J connectivity index is 1.96. The van der Waals surface area contributed by atoms with Gasteiger partial charge in [0.1, 0.15) is 5.82 Å². The van der Waals surface area contributed by atoms with Gasteiger partial charge in [0, 0.05) is 18.7 Å². The Labute approximate surface area is 115 Å². The van der Waals surface area contributed by atoms with E-state index in [9.17, 15) is 14.5 Å². The van der Waals surface area contributed by atoms with Gasteiger partial charge in [-0.2, -0.15) is 0 Å². The van der Waals surface area contributed by atoms with Crippen LogP contribution in [0.2, 0.25) is 0 Å². The highest BCUT2D eigenvalue weighted by molar-refractivity contribution is 5.69. The van der Waals surface area contributed by atoms with Crippen LogP contribution in [0.4, 0.5) is 21.5 Å². The average molecular weight is 275 g/mol. The second-order valence-corrected chi connectivity index (χ2v) is 4.34. The van der Waals surface area contributed by atoms with Crippen LogP contribution in [0, 0.1) is 15.9 Å². The molecule has 3 N–H and O–H groups in total. The maximum atomic E-state index is 13.0. The molecule has 2 aromatic rings. The zero-order valence-corrected chi connectivity index (χ0v) is 10.7. The van der Waals surface area contributed by atoms with E-state index >= 15 is 0 Å². The van der Waals surface area contributed by atoms with Crippen LogP contribution in [0.15, 0.2) is 42.5 Å². The second-order valence-electron chi connectivity index (χ2n) is 4.34. The summed E-state index contributed by atoms with van der Waals surface area (Å²) in [6.07, 6.45) is 0.633. The van der Waals surface area contributed by atoms with Crippen LogP contribution in [-0.4, -0.2) is 11.5 Å². The molecule has 0 aliphatic rings. The molecule has 0 amide bonds. The maximum absolute atomic E-state index is 13.0. The zero-order chi connectivity index (χ0) is 14.5. The van der Waals surface area contributed by atoms with Crippen molar-refractivity contribution in [1.82, 2.24) is 0 Å². The number of nitrogens with two attached hydrogens (primary N) is 1. The molecule has 0 aliphatic carbocycles. The fraction of sp³-hybridized carbons (Fsp3) is 0.143. The summed E-state index contributed by atoms with van der Waals surface area (Å²) >= 11 is 0. The quantitative estimate of drug-likeness (QED) is 0.499. The first kappa shape index (κ1) is 13.8. The molecule has 0 atom stereocenters. The number of hydrogen-bond donors (Lipinski definition) is 2. The molecule has 2 aromatic carbocycles. The standard InChI is InChI=1S/C14H14FN3O2/c15-11-3-1-2-10(8-11)6-7-17-14-5-4-12(18(19)20)9-13(14)16/h1-5,8-9,17H,6-7,16H2. The SMILES string of the molecule is Nc1cc([N+](=O)[O-])ccc1NCCc1cccc(F)c1. The minimum atomic E-state index is -0.493. The van der Waals surface area contributed by atoms with Gasteiger partial charge in [-0.05, 0) is 30.2 Å². The molecule has 0 radical (unpaired) electrons. The minimum Gasteiger partial charge on any atom is -0.397 e. The summed E-state index contributed by atoms with van der Waals surface area (Å²) in [5, 5.41) is 13.7. The molecule has 0 unspecified atom stereocenters. The van der Waals surface area contributed by atoms with Crippen LogP contribution in [0.3, 0.4) is 0 Å². The van der Waals surface area contributed by atoms with Gasteiger partial charge in [0.05, 0.1) is 16.3 Å². The third kappa shape index (κ3) is 3.44. The van der Waals surface area contributed by atoms with Gasteiger partial charge in [-0.15, -0.1) is 0 Å². The van der Waals surface area contributed by atoms with E-state index in [2.05, 4.69) is 5.32 Å². The van der Waals surface area contributed by atoms with Crippen molar-refractivity contribution in [3.05, 3.63) is 64.0 Å². The van der Waals surface area contributed by atoms with E-state index in [1.165, 1.54) is 24.3 Å². The molecule has 0 aliphatic heterocycles. The smallest absolute Gasteiger partial charge is 0.271 e.